The Balaban J connectivity index is 1.48. The molecule has 0 unspecified atom stereocenters. The fourth-order valence-electron chi connectivity index (χ4n) is 3.49. The number of carbonyl (C=O) groups is 1. The number of fused-ring (bicyclic) bond motifs is 1. The first-order valence-corrected chi connectivity index (χ1v) is 14.6. The first-order valence-electron chi connectivity index (χ1n) is 10.5. The van der Waals surface area contributed by atoms with E-state index in [9.17, 15) is 21.6 Å². The van der Waals surface area contributed by atoms with E-state index in [1.165, 1.54) is 48.5 Å². The van der Waals surface area contributed by atoms with Gasteiger partial charge in [-0.1, -0.05) is 29.3 Å². The minimum Gasteiger partial charge on any atom is -0.476 e. The number of nitrogens with zero attached hydrogens (tertiary/aromatic N) is 1. The Morgan fingerprint density at radius 1 is 0.972 bits per heavy atom. The summed E-state index contributed by atoms with van der Waals surface area (Å²) in [6, 6.07) is 14.8. The van der Waals surface area contributed by atoms with Gasteiger partial charge in [-0.3, -0.25) is 13.8 Å². The van der Waals surface area contributed by atoms with E-state index in [0.29, 0.717) is 21.4 Å². The van der Waals surface area contributed by atoms with Crippen LogP contribution in [0.15, 0.2) is 65.6 Å². The van der Waals surface area contributed by atoms with Crippen LogP contribution in [-0.4, -0.2) is 41.6 Å². The van der Waals surface area contributed by atoms with Crippen LogP contribution in [-0.2, 0) is 24.8 Å². The van der Waals surface area contributed by atoms with E-state index in [2.05, 4.69) is 10.0 Å². The molecule has 36 heavy (non-hydrogen) atoms. The van der Waals surface area contributed by atoms with Crippen LogP contribution < -0.4 is 19.1 Å². The largest absolute Gasteiger partial charge is 0.476 e. The molecule has 0 spiro atoms. The van der Waals surface area contributed by atoms with Crippen molar-refractivity contribution in [2.24, 2.45) is 0 Å². The monoisotopic (exact) mass is 569 g/mol. The quantitative estimate of drug-likeness (QED) is 0.457. The van der Waals surface area contributed by atoms with Gasteiger partial charge in [0.25, 0.3) is 15.9 Å². The number of halogens is 2. The van der Waals surface area contributed by atoms with Gasteiger partial charge in [0.2, 0.25) is 10.0 Å². The topological polar surface area (TPSA) is 122 Å². The maximum absolute atomic E-state index is 12.9. The Kier molecular flexibility index (Phi) is 7.11. The molecule has 3 aromatic rings. The standard InChI is InChI=1S/C23H21Cl2N3O6S2/c1-14-3-5-17(12-19(14)25)27-36(32,33)18-8-6-16(7-9-18)26-23(29)22-13-28(35(2,30)31)20-11-15(24)4-10-21(20)34-22/h3-12,22,27H,13H2,1-2H3,(H,26,29)/t22-/m0/s1. The van der Waals surface area contributed by atoms with Gasteiger partial charge in [-0.15, -0.1) is 0 Å². The van der Waals surface area contributed by atoms with Crippen LogP contribution in [0, 0.1) is 6.92 Å². The third-order valence-corrected chi connectivity index (χ3v) is 8.53. The zero-order chi connectivity index (χ0) is 26.3. The van der Waals surface area contributed by atoms with Crippen LogP contribution in [0.5, 0.6) is 5.75 Å². The molecule has 1 atom stereocenters. The second-order valence-electron chi connectivity index (χ2n) is 8.10. The number of hydrogen-bond acceptors (Lipinski definition) is 6. The zero-order valence-electron chi connectivity index (χ0n) is 19.0. The Hall–Kier alpha value is -2.99. The number of nitrogens with one attached hydrogen (secondary N) is 2. The van der Waals surface area contributed by atoms with Gasteiger partial charge in [0.05, 0.1) is 29.1 Å². The first-order chi connectivity index (χ1) is 16.8. The lowest BCUT2D eigenvalue weighted by atomic mass is 10.2. The van der Waals surface area contributed by atoms with Gasteiger partial charge in [-0.05, 0) is 67.1 Å². The number of hydrogen-bond donors (Lipinski definition) is 2. The van der Waals surface area contributed by atoms with Crippen molar-refractivity contribution in [1.82, 2.24) is 0 Å². The molecule has 4 rings (SSSR count). The molecule has 1 aliphatic rings. The van der Waals surface area contributed by atoms with Crippen LogP contribution in [0.2, 0.25) is 10.0 Å². The van der Waals surface area contributed by atoms with Gasteiger partial charge in [-0.2, -0.15) is 0 Å². The highest BCUT2D eigenvalue weighted by atomic mass is 35.5. The molecule has 0 aliphatic carbocycles. The summed E-state index contributed by atoms with van der Waals surface area (Å²) in [7, 11) is -7.62. The number of amides is 1. The van der Waals surface area contributed by atoms with E-state index < -0.39 is 32.1 Å². The summed E-state index contributed by atoms with van der Waals surface area (Å²) in [5.41, 5.74) is 1.67. The van der Waals surface area contributed by atoms with Gasteiger partial charge in [-0.25, -0.2) is 16.8 Å². The Labute approximate surface area is 219 Å². The highest BCUT2D eigenvalue weighted by Gasteiger charge is 2.35. The summed E-state index contributed by atoms with van der Waals surface area (Å²) in [6.07, 6.45) is -0.125. The third-order valence-electron chi connectivity index (χ3n) is 5.34. The highest BCUT2D eigenvalue weighted by Crippen LogP contribution is 2.37. The maximum Gasteiger partial charge on any atom is 0.267 e. The van der Waals surface area contributed by atoms with Crippen molar-refractivity contribution < 1.29 is 26.4 Å². The molecule has 190 valence electrons. The van der Waals surface area contributed by atoms with E-state index >= 15 is 0 Å². The second kappa shape index (κ2) is 9.81. The molecule has 0 fully saturated rings. The molecule has 1 heterocycles. The third kappa shape index (κ3) is 5.70. The number of anilines is 3. The molecule has 1 aliphatic heterocycles. The van der Waals surface area contributed by atoms with Crippen molar-refractivity contribution in [3.05, 3.63) is 76.3 Å². The molecule has 3 aromatic carbocycles. The summed E-state index contributed by atoms with van der Waals surface area (Å²) >= 11 is 12.1. The fraction of sp³-hybridized carbons (Fsp3) is 0.174. The average molecular weight is 570 g/mol. The van der Waals surface area contributed by atoms with E-state index in [1.807, 2.05) is 0 Å². The number of carbonyl (C=O) groups excluding carboxylic acids is 1. The molecule has 1 amide bonds. The zero-order valence-corrected chi connectivity index (χ0v) is 22.2. The number of aryl methyl sites for hydroxylation is 1. The molecular formula is C23H21Cl2N3O6S2. The number of benzene rings is 3. The average Bonchev–Trinajstić information content (AvgIpc) is 2.80. The van der Waals surface area contributed by atoms with E-state index in [0.717, 1.165) is 16.1 Å². The van der Waals surface area contributed by atoms with Crippen LogP contribution >= 0.6 is 23.2 Å². The Bertz CT molecular complexity index is 1540. The number of rotatable bonds is 6. The van der Waals surface area contributed by atoms with Crippen molar-refractivity contribution in [3.8, 4) is 5.75 Å². The van der Waals surface area contributed by atoms with Gasteiger partial charge in [0.1, 0.15) is 5.75 Å². The van der Waals surface area contributed by atoms with E-state index in [4.69, 9.17) is 27.9 Å². The predicted molar refractivity (Wildman–Crippen MR) is 140 cm³/mol. The second-order valence-corrected chi connectivity index (χ2v) is 12.5. The maximum atomic E-state index is 12.9. The van der Waals surface area contributed by atoms with Gasteiger partial charge >= 0.3 is 0 Å². The van der Waals surface area contributed by atoms with Crippen molar-refractivity contribution >= 4 is 66.2 Å². The number of sulfonamides is 2. The minimum atomic E-state index is -3.90. The van der Waals surface area contributed by atoms with Crippen LogP contribution in [0.25, 0.3) is 0 Å². The van der Waals surface area contributed by atoms with Gasteiger partial charge in [0, 0.05) is 15.7 Å². The minimum absolute atomic E-state index is 0.0276. The molecular weight excluding hydrogens is 549 g/mol. The van der Waals surface area contributed by atoms with E-state index in [-0.39, 0.29) is 22.9 Å². The molecule has 13 heteroatoms. The van der Waals surface area contributed by atoms with E-state index in [1.54, 1.807) is 19.1 Å². The van der Waals surface area contributed by atoms with Crippen LogP contribution in [0.4, 0.5) is 17.1 Å². The van der Waals surface area contributed by atoms with Crippen molar-refractivity contribution in [3.63, 3.8) is 0 Å². The smallest absolute Gasteiger partial charge is 0.267 e. The summed E-state index contributed by atoms with van der Waals surface area (Å²) < 4.78 is 59.3. The van der Waals surface area contributed by atoms with Gasteiger partial charge < -0.3 is 10.1 Å². The summed E-state index contributed by atoms with van der Waals surface area (Å²) in [5.74, 6) is -0.410. The Morgan fingerprint density at radius 3 is 2.28 bits per heavy atom. The van der Waals surface area contributed by atoms with Crippen LogP contribution in [0.1, 0.15) is 5.56 Å². The lowest BCUT2D eigenvalue weighted by Crippen LogP contribution is -2.48. The molecule has 2 N–H and O–H groups in total. The molecule has 9 nitrogen and oxygen atoms in total. The fourth-order valence-corrected chi connectivity index (χ4v) is 5.79. The predicted octanol–water partition coefficient (Wildman–Crippen LogP) is 4.27. The summed E-state index contributed by atoms with van der Waals surface area (Å²) in [5, 5.41) is 3.38. The summed E-state index contributed by atoms with van der Waals surface area (Å²) in [4.78, 5) is 12.8. The lowest BCUT2D eigenvalue weighted by Gasteiger charge is -2.34. The van der Waals surface area contributed by atoms with Crippen molar-refractivity contribution in [2.75, 3.05) is 27.1 Å². The molecule has 0 radical (unpaired) electrons. The highest BCUT2D eigenvalue weighted by molar-refractivity contribution is 7.92. The van der Waals surface area contributed by atoms with Crippen molar-refractivity contribution in [1.29, 1.82) is 0 Å². The normalized spacial score (nSPS) is 15.6. The molecule has 0 bridgehead atoms. The molecule has 0 saturated carbocycles. The van der Waals surface area contributed by atoms with Gasteiger partial charge in [0.15, 0.2) is 6.10 Å². The number of ether oxygens (including phenoxy) is 1. The van der Waals surface area contributed by atoms with Crippen molar-refractivity contribution in [2.45, 2.75) is 17.9 Å². The summed E-state index contributed by atoms with van der Waals surface area (Å²) in [6.45, 7) is 1.55. The van der Waals surface area contributed by atoms with Crippen LogP contribution in [0.3, 0.4) is 0 Å². The SMILES string of the molecule is Cc1ccc(NS(=O)(=O)c2ccc(NC(=O)[C@@H]3CN(S(C)(=O)=O)c4cc(Cl)ccc4O3)cc2)cc1Cl. The molecule has 0 aromatic heterocycles. The lowest BCUT2D eigenvalue weighted by molar-refractivity contribution is -0.122. The Morgan fingerprint density at radius 2 is 1.64 bits per heavy atom. The molecule has 0 saturated heterocycles. The first kappa shape index (κ1) is 26.1.